The molecule has 1 atom stereocenters. The number of aryl methyl sites for hydroxylation is 1. The Labute approximate surface area is 88.9 Å². The molecule has 0 amide bonds. The smallest absolute Gasteiger partial charge is 0.268 e. The van der Waals surface area contributed by atoms with Crippen LogP contribution in [0.25, 0.3) is 0 Å². The van der Waals surface area contributed by atoms with Gasteiger partial charge in [-0.05, 0) is 19.3 Å². The number of rotatable bonds is 2. The van der Waals surface area contributed by atoms with Crippen molar-refractivity contribution in [2.24, 2.45) is 7.05 Å². The fourth-order valence-electron chi connectivity index (χ4n) is 2.84. The summed E-state index contributed by atoms with van der Waals surface area (Å²) in [5.74, 6) is 0. The topological polar surface area (TPSA) is 41.0 Å². The number of fused-ring (bicyclic) bond motifs is 1. The Hall–Kier alpha value is -1.03. The van der Waals surface area contributed by atoms with Crippen molar-refractivity contribution >= 4 is 0 Å². The van der Waals surface area contributed by atoms with Crippen molar-refractivity contribution in [3.05, 3.63) is 21.6 Å². The third kappa shape index (κ3) is 1.21. The van der Waals surface area contributed by atoms with Crippen LogP contribution in [0.5, 0.6) is 0 Å². The highest BCUT2D eigenvalue weighted by molar-refractivity contribution is 5.27. The number of hydrogen-bond donors (Lipinski definition) is 1. The Morgan fingerprint density at radius 1 is 1.47 bits per heavy atom. The minimum Gasteiger partial charge on any atom is -0.290 e. The number of aromatic amines is 1. The van der Waals surface area contributed by atoms with Gasteiger partial charge in [-0.1, -0.05) is 6.92 Å². The molecule has 3 rings (SSSR count). The van der Waals surface area contributed by atoms with E-state index >= 15 is 0 Å². The quantitative estimate of drug-likeness (QED) is 0.790. The van der Waals surface area contributed by atoms with Gasteiger partial charge in [0, 0.05) is 19.6 Å². The Kier molecular flexibility index (Phi) is 1.83. The van der Waals surface area contributed by atoms with Gasteiger partial charge in [-0.15, -0.1) is 0 Å². The molecule has 1 saturated carbocycles. The first kappa shape index (κ1) is 9.21. The average molecular weight is 207 g/mol. The molecule has 0 aromatic carbocycles. The van der Waals surface area contributed by atoms with Crippen LogP contribution in [0.15, 0.2) is 4.79 Å². The summed E-state index contributed by atoms with van der Waals surface area (Å²) in [5.41, 5.74) is 2.32. The van der Waals surface area contributed by atoms with Crippen molar-refractivity contribution in [3.8, 4) is 0 Å². The van der Waals surface area contributed by atoms with E-state index in [1.54, 1.807) is 0 Å². The summed E-state index contributed by atoms with van der Waals surface area (Å²) < 4.78 is 1.91. The van der Waals surface area contributed by atoms with Crippen molar-refractivity contribution in [1.82, 2.24) is 14.7 Å². The molecule has 1 N–H and O–H groups in total. The van der Waals surface area contributed by atoms with Gasteiger partial charge < -0.3 is 0 Å². The molecule has 1 aromatic heterocycles. The van der Waals surface area contributed by atoms with Gasteiger partial charge in [0.1, 0.15) is 0 Å². The highest BCUT2D eigenvalue weighted by Crippen LogP contribution is 2.41. The Morgan fingerprint density at radius 3 is 2.80 bits per heavy atom. The lowest BCUT2D eigenvalue weighted by Gasteiger charge is -2.24. The Bertz CT molecular complexity index is 441. The first-order valence-corrected chi connectivity index (χ1v) is 5.76. The van der Waals surface area contributed by atoms with Crippen molar-refractivity contribution in [3.63, 3.8) is 0 Å². The first-order valence-electron chi connectivity index (χ1n) is 5.76. The van der Waals surface area contributed by atoms with Gasteiger partial charge >= 0.3 is 0 Å². The van der Waals surface area contributed by atoms with Crippen LogP contribution in [0.4, 0.5) is 0 Å². The molecule has 0 saturated heterocycles. The third-order valence-corrected chi connectivity index (χ3v) is 3.67. The van der Waals surface area contributed by atoms with Crippen LogP contribution in [-0.4, -0.2) is 20.7 Å². The largest absolute Gasteiger partial charge is 0.290 e. The maximum atomic E-state index is 11.7. The fraction of sp³-hybridized carbons (Fsp3) is 0.727. The maximum Gasteiger partial charge on any atom is 0.268 e. The first-order chi connectivity index (χ1) is 7.22. The number of nitrogens with one attached hydrogen (secondary N) is 1. The van der Waals surface area contributed by atoms with Gasteiger partial charge in [0.05, 0.1) is 17.3 Å². The molecular weight excluding hydrogens is 190 g/mol. The normalized spacial score (nSPS) is 25.9. The average Bonchev–Trinajstić information content (AvgIpc) is 2.91. The van der Waals surface area contributed by atoms with Crippen LogP contribution in [0, 0.1) is 0 Å². The predicted octanol–water partition coefficient (Wildman–Crippen LogP) is 1.14. The Morgan fingerprint density at radius 2 is 2.20 bits per heavy atom. The number of hydrogen-bond acceptors (Lipinski definition) is 2. The zero-order valence-electron chi connectivity index (χ0n) is 9.29. The highest BCUT2D eigenvalue weighted by Gasteiger charge is 2.41. The van der Waals surface area contributed by atoms with E-state index < -0.39 is 0 Å². The summed E-state index contributed by atoms with van der Waals surface area (Å²) in [5, 5.41) is 2.86. The van der Waals surface area contributed by atoms with Gasteiger partial charge in [-0.25, -0.2) is 0 Å². The molecular formula is C11H17N3O. The molecule has 0 bridgehead atoms. The fourth-order valence-corrected chi connectivity index (χ4v) is 2.84. The molecule has 1 fully saturated rings. The summed E-state index contributed by atoms with van der Waals surface area (Å²) in [6.07, 6.45) is 3.71. The molecule has 1 aromatic rings. The third-order valence-electron chi connectivity index (χ3n) is 3.67. The zero-order chi connectivity index (χ0) is 10.6. The van der Waals surface area contributed by atoms with Crippen molar-refractivity contribution in [1.29, 1.82) is 0 Å². The molecule has 2 aliphatic rings. The van der Waals surface area contributed by atoms with E-state index in [0.29, 0.717) is 6.04 Å². The summed E-state index contributed by atoms with van der Waals surface area (Å²) in [7, 11) is 1.94. The molecule has 0 radical (unpaired) electrons. The van der Waals surface area contributed by atoms with Crippen LogP contribution in [-0.2, 0) is 13.6 Å². The second-order valence-corrected chi connectivity index (χ2v) is 4.69. The standard InChI is InChI=1S/C11H17N3O/c1-3-9-10-8(11(15)12-13(10)2)6-14(9)7-4-5-7/h7,9H,3-6H2,1-2H3,(H,12,15). The minimum absolute atomic E-state index is 0.106. The molecule has 0 spiro atoms. The van der Waals surface area contributed by atoms with Gasteiger partial charge in [-0.2, -0.15) is 0 Å². The molecule has 1 aliphatic carbocycles. The molecule has 82 valence electrons. The number of nitrogens with zero attached hydrogens (tertiary/aromatic N) is 2. The molecule has 2 heterocycles. The zero-order valence-corrected chi connectivity index (χ0v) is 9.29. The van der Waals surface area contributed by atoms with Crippen molar-refractivity contribution < 1.29 is 0 Å². The van der Waals surface area contributed by atoms with Crippen molar-refractivity contribution in [2.45, 2.75) is 44.8 Å². The summed E-state index contributed by atoms with van der Waals surface area (Å²) in [6, 6.07) is 1.19. The van der Waals surface area contributed by atoms with Gasteiger partial charge in [0.15, 0.2) is 0 Å². The van der Waals surface area contributed by atoms with Gasteiger partial charge in [0.2, 0.25) is 0 Å². The Balaban J connectivity index is 2.05. The second-order valence-electron chi connectivity index (χ2n) is 4.69. The molecule has 4 nitrogen and oxygen atoms in total. The molecule has 1 unspecified atom stereocenters. The van der Waals surface area contributed by atoms with Gasteiger partial charge in [-0.3, -0.25) is 19.5 Å². The van der Waals surface area contributed by atoms with E-state index in [2.05, 4.69) is 16.9 Å². The highest BCUT2D eigenvalue weighted by atomic mass is 16.1. The summed E-state index contributed by atoms with van der Waals surface area (Å²) in [4.78, 5) is 14.2. The van der Waals surface area contributed by atoms with Crippen LogP contribution in [0.3, 0.4) is 0 Å². The van der Waals surface area contributed by atoms with Crippen LogP contribution in [0.2, 0.25) is 0 Å². The van der Waals surface area contributed by atoms with E-state index in [1.165, 1.54) is 18.5 Å². The monoisotopic (exact) mass is 207 g/mol. The lowest BCUT2D eigenvalue weighted by Crippen LogP contribution is -2.26. The van der Waals surface area contributed by atoms with E-state index in [4.69, 9.17) is 0 Å². The number of aromatic nitrogens is 2. The lowest BCUT2D eigenvalue weighted by atomic mass is 10.1. The van der Waals surface area contributed by atoms with Crippen molar-refractivity contribution in [2.75, 3.05) is 0 Å². The predicted molar refractivity (Wildman–Crippen MR) is 57.6 cm³/mol. The minimum atomic E-state index is 0.106. The SMILES string of the molecule is CCC1c2c(c(=O)[nH]n2C)CN1C1CC1. The van der Waals surface area contributed by atoms with E-state index in [0.717, 1.165) is 24.6 Å². The molecule has 4 heteroatoms. The molecule has 1 aliphatic heterocycles. The lowest BCUT2D eigenvalue weighted by molar-refractivity contribution is 0.192. The number of H-pyrrole nitrogens is 1. The summed E-state index contributed by atoms with van der Waals surface area (Å²) in [6.45, 7) is 3.06. The van der Waals surface area contributed by atoms with E-state index in [-0.39, 0.29) is 5.56 Å². The van der Waals surface area contributed by atoms with Crippen LogP contribution >= 0.6 is 0 Å². The van der Waals surface area contributed by atoms with Gasteiger partial charge in [0.25, 0.3) is 5.56 Å². The van der Waals surface area contributed by atoms with E-state index in [1.807, 2.05) is 11.7 Å². The van der Waals surface area contributed by atoms with Crippen LogP contribution in [0.1, 0.15) is 43.5 Å². The maximum absolute atomic E-state index is 11.7. The van der Waals surface area contributed by atoms with Crippen LogP contribution < -0.4 is 5.56 Å². The summed E-state index contributed by atoms with van der Waals surface area (Å²) >= 11 is 0. The molecule has 15 heavy (non-hydrogen) atoms. The van der Waals surface area contributed by atoms with E-state index in [9.17, 15) is 4.79 Å². The second kappa shape index (κ2) is 2.98.